The van der Waals surface area contributed by atoms with Gasteiger partial charge >= 0.3 is 12.1 Å². The second-order valence-electron chi connectivity index (χ2n) is 3.74. The van der Waals surface area contributed by atoms with E-state index in [-0.39, 0.29) is 4.47 Å². The summed E-state index contributed by atoms with van der Waals surface area (Å²) in [5.74, 6) is -3.87. The van der Waals surface area contributed by atoms with Crippen molar-refractivity contribution < 1.29 is 27.9 Å². The first kappa shape index (κ1) is 15.5. The van der Waals surface area contributed by atoms with Gasteiger partial charge in [0, 0.05) is 4.47 Å². The molecule has 0 saturated carbocycles. The molecule has 19 heavy (non-hydrogen) atoms. The van der Waals surface area contributed by atoms with Gasteiger partial charge in [-0.25, -0.2) is 0 Å². The van der Waals surface area contributed by atoms with Gasteiger partial charge in [-0.15, -0.1) is 0 Å². The van der Waals surface area contributed by atoms with Crippen molar-refractivity contribution in [2.24, 2.45) is 5.92 Å². The number of nitrogens with one attached hydrogen (secondary N) is 1. The van der Waals surface area contributed by atoms with Crippen LogP contribution < -0.4 is 5.32 Å². The maximum atomic E-state index is 12.8. The fourth-order valence-corrected chi connectivity index (χ4v) is 1.57. The molecule has 0 spiro atoms. The number of rotatable bonds is 3. The van der Waals surface area contributed by atoms with E-state index in [2.05, 4.69) is 15.9 Å². The maximum Gasteiger partial charge on any atom is 0.418 e. The number of halogens is 4. The van der Waals surface area contributed by atoms with Gasteiger partial charge in [-0.1, -0.05) is 15.9 Å². The Balaban J connectivity index is 3.08. The van der Waals surface area contributed by atoms with Crippen LogP contribution in [0.15, 0.2) is 22.7 Å². The number of hydrogen-bond donors (Lipinski definition) is 2. The van der Waals surface area contributed by atoms with E-state index >= 15 is 0 Å². The van der Waals surface area contributed by atoms with Gasteiger partial charge < -0.3 is 10.4 Å². The Kier molecular flexibility index (Phi) is 4.56. The fourth-order valence-electron chi connectivity index (χ4n) is 1.21. The number of amides is 1. The zero-order valence-electron chi connectivity index (χ0n) is 9.58. The van der Waals surface area contributed by atoms with Crippen molar-refractivity contribution in [2.75, 3.05) is 5.32 Å². The van der Waals surface area contributed by atoms with Crippen molar-refractivity contribution in [1.29, 1.82) is 0 Å². The lowest BCUT2D eigenvalue weighted by Crippen LogP contribution is -2.28. The lowest BCUT2D eigenvalue weighted by molar-refractivity contribution is -0.144. The molecular weight excluding hydrogens is 331 g/mol. The minimum atomic E-state index is -4.65. The van der Waals surface area contributed by atoms with Gasteiger partial charge in [0.25, 0.3) is 0 Å². The molecule has 0 saturated heterocycles. The quantitative estimate of drug-likeness (QED) is 0.831. The average Bonchev–Trinajstić information content (AvgIpc) is 2.28. The molecule has 0 radical (unpaired) electrons. The summed E-state index contributed by atoms with van der Waals surface area (Å²) in [5.41, 5.74) is -1.53. The van der Waals surface area contributed by atoms with Gasteiger partial charge in [0.2, 0.25) is 5.91 Å². The Morgan fingerprint density at radius 3 is 2.42 bits per heavy atom. The minimum absolute atomic E-state index is 0.198. The van der Waals surface area contributed by atoms with Crippen molar-refractivity contribution >= 4 is 33.5 Å². The summed E-state index contributed by atoms with van der Waals surface area (Å²) in [7, 11) is 0. The second-order valence-corrected chi connectivity index (χ2v) is 4.65. The van der Waals surface area contributed by atoms with Crippen LogP contribution in [0.2, 0.25) is 0 Å². The Hall–Kier alpha value is -1.57. The molecule has 0 aliphatic heterocycles. The SMILES string of the molecule is CC(C(=O)O)C(=O)Nc1ccc(Br)cc1C(F)(F)F. The van der Waals surface area contributed by atoms with Crippen LogP contribution in [0.1, 0.15) is 12.5 Å². The number of carboxylic acids is 1. The van der Waals surface area contributed by atoms with Crippen LogP contribution in [-0.2, 0) is 15.8 Å². The summed E-state index contributed by atoms with van der Waals surface area (Å²) in [4.78, 5) is 22.0. The highest BCUT2D eigenvalue weighted by Gasteiger charge is 2.34. The van der Waals surface area contributed by atoms with E-state index in [1.807, 2.05) is 5.32 Å². The molecule has 1 aromatic rings. The van der Waals surface area contributed by atoms with Crippen molar-refractivity contribution in [3.8, 4) is 0 Å². The molecule has 1 rings (SSSR count). The highest BCUT2D eigenvalue weighted by Crippen LogP contribution is 2.36. The molecule has 0 aromatic heterocycles. The van der Waals surface area contributed by atoms with Crippen LogP contribution in [0.5, 0.6) is 0 Å². The molecule has 0 heterocycles. The first-order valence-electron chi connectivity index (χ1n) is 5.03. The summed E-state index contributed by atoms with van der Waals surface area (Å²) in [5, 5.41) is 10.6. The molecular formula is C11H9BrF3NO3. The average molecular weight is 340 g/mol. The monoisotopic (exact) mass is 339 g/mol. The van der Waals surface area contributed by atoms with E-state index in [0.29, 0.717) is 0 Å². The number of carboxylic acid groups (broad SMARTS) is 1. The van der Waals surface area contributed by atoms with E-state index in [1.54, 1.807) is 0 Å². The van der Waals surface area contributed by atoms with Gasteiger partial charge in [-0.05, 0) is 25.1 Å². The van der Waals surface area contributed by atoms with E-state index in [1.165, 1.54) is 6.07 Å². The van der Waals surface area contributed by atoms with Gasteiger partial charge in [-0.3, -0.25) is 9.59 Å². The lowest BCUT2D eigenvalue weighted by atomic mass is 10.1. The molecule has 1 aromatic carbocycles. The summed E-state index contributed by atoms with van der Waals surface area (Å²) in [6, 6.07) is 3.18. The Labute approximate surface area is 114 Å². The molecule has 1 unspecified atom stereocenters. The zero-order chi connectivity index (χ0) is 14.8. The van der Waals surface area contributed by atoms with Crippen molar-refractivity contribution in [1.82, 2.24) is 0 Å². The minimum Gasteiger partial charge on any atom is -0.481 e. The van der Waals surface area contributed by atoms with Crippen LogP contribution in [0.4, 0.5) is 18.9 Å². The molecule has 1 atom stereocenters. The highest BCUT2D eigenvalue weighted by molar-refractivity contribution is 9.10. The molecule has 1 amide bonds. The molecule has 0 aliphatic carbocycles. The van der Waals surface area contributed by atoms with E-state index in [4.69, 9.17) is 5.11 Å². The topological polar surface area (TPSA) is 66.4 Å². The van der Waals surface area contributed by atoms with Gasteiger partial charge in [0.05, 0.1) is 11.3 Å². The molecule has 0 aliphatic rings. The first-order valence-corrected chi connectivity index (χ1v) is 5.82. The Morgan fingerprint density at radius 2 is 1.95 bits per heavy atom. The van der Waals surface area contributed by atoms with Crippen LogP contribution in [0.3, 0.4) is 0 Å². The summed E-state index contributed by atoms with van der Waals surface area (Å²) in [6.45, 7) is 1.09. The van der Waals surface area contributed by atoms with E-state index in [9.17, 15) is 22.8 Å². The third kappa shape index (κ3) is 3.95. The number of aliphatic carboxylic acids is 1. The highest BCUT2D eigenvalue weighted by atomic mass is 79.9. The first-order chi connectivity index (χ1) is 8.62. The molecule has 0 fully saturated rings. The number of carbonyl (C=O) groups excluding carboxylic acids is 1. The smallest absolute Gasteiger partial charge is 0.418 e. The number of anilines is 1. The van der Waals surface area contributed by atoms with Crippen molar-refractivity contribution in [2.45, 2.75) is 13.1 Å². The molecule has 104 valence electrons. The maximum absolute atomic E-state index is 12.8. The van der Waals surface area contributed by atoms with E-state index < -0.39 is 35.2 Å². The number of alkyl halides is 3. The third-order valence-corrected chi connectivity index (χ3v) is 2.80. The zero-order valence-corrected chi connectivity index (χ0v) is 11.2. The normalized spacial score (nSPS) is 12.9. The van der Waals surface area contributed by atoms with E-state index in [0.717, 1.165) is 19.1 Å². The van der Waals surface area contributed by atoms with Gasteiger partial charge in [-0.2, -0.15) is 13.2 Å². The Bertz CT molecular complexity index is 516. The number of benzene rings is 1. The molecule has 2 N–H and O–H groups in total. The van der Waals surface area contributed by atoms with Crippen molar-refractivity contribution in [3.63, 3.8) is 0 Å². The lowest BCUT2D eigenvalue weighted by Gasteiger charge is -2.15. The van der Waals surface area contributed by atoms with Crippen LogP contribution in [0.25, 0.3) is 0 Å². The number of carbonyl (C=O) groups is 2. The third-order valence-electron chi connectivity index (χ3n) is 2.31. The molecule has 4 nitrogen and oxygen atoms in total. The molecule has 8 heteroatoms. The van der Waals surface area contributed by atoms with Crippen LogP contribution in [-0.4, -0.2) is 17.0 Å². The van der Waals surface area contributed by atoms with Gasteiger partial charge in [0.15, 0.2) is 0 Å². The molecule has 0 bridgehead atoms. The summed E-state index contributed by atoms with van der Waals surface area (Å²) in [6.07, 6.45) is -4.65. The standard InChI is InChI=1S/C11H9BrF3NO3/c1-5(10(18)19)9(17)16-8-3-2-6(12)4-7(8)11(13,14)15/h2-5H,1H3,(H,16,17)(H,18,19). The fraction of sp³-hybridized carbons (Fsp3) is 0.273. The predicted octanol–water partition coefficient (Wildman–Crippen LogP) is 3.13. The van der Waals surface area contributed by atoms with Crippen LogP contribution >= 0.6 is 15.9 Å². The van der Waals surface area contributed by atoms with Crippen LogP contribution in [0, 0.1) is 5.92 Å². The summed E-state index contributed by atoms with van der Waals surface area (Å²) < 4.78 is 38.4. The van der Waals surface area contributed by atoms with Crippen molar-refractivity contribution in [3.05, 3.63) is 28.2 Å². The largest absolute Gasteiger partial charge is 0.481 e. The second kappa shape index (κ2) is 5.60. The van der Waals surface area contributed by atoms with Gasteiger partial charge in [0.1, 0.15) is 5.92 Å². The predicted molar refractivity (Wildman–Crippen MR) is 64.6 cm³/mol. The number of hydrogen-bond acceptors (Lipinski definition) is 2. The Morgan fingerprint density at radius 1 is 1.37 bits per heavy atom. The summed E-state index contributed by atoms with van der Waals surface area (Å²) >= 11 is 2.90.